The lowest BCUT2D eigenvalue weighted by Gasteiger charge is -2.15. The second-order valence-electron chi connectivity index (χ2n) is 5.33. The van der Waals surface area contributed by atoms with Gasteiger partial charge in [-0.15, -0.1) is 0 Å². The second kappa shape index (κ2) is 8.14. The molecule has 0 amide bonds. The highest BCUT2D eigenvalue weighted by Crippen LogP contribution is 2.21. The molecule has 2 rings (SSSR count). The van der Waals surface area contributed by atoms with E-state index in [-0.39, 0.29) is 25.2 Å². The number of carboxylic acid groups (broad SMARTS) is 1. The van der Waals surface area contributed by atoms with Crippen LogP contribution in [0.4, 0.5) is 0 Å². The third-order valence-corrected chi connectivity index (χ3v) is 3.57. The molecule has 2 aromatic rings. The highest BCUT2D eigenvalue weighted by atomic mass is 16.5. The van der Waals surface area contributed by atoms with E-state index in [1.165, 1.54) is 0 Å². The number of aldehydes is 1. The van der Waals surface area contributed by atoms with E-state index in [2.05, 4.69) is 5.43 Å². The molecule has 1 aromatic heterocycles. The number of nitrogens with one attached hydrogen (secondary N) is 1. The molecule has 0 unspecified atom stereocenters. The van der Waals surface area contributed by atoms with Crippen molar-refractivity contribution in [1.29, 1.82) is 0 Å². The van der Waals surface area contributed by atoms with E-state index < -0.39 is 12.0 Å². The number of nitrogens with zero attached hydrogens (tertiary/aromatic N) is 1. The summed E-state index contributed by atoms with van der Waals surface area (Å²) in [5, 5.41) is 9.62. The summed E-state index contributed by atoms with van der Waals surface area (Å²) < 4.78 is 6.64. The largest absolute Gasteiger partial charge is 0.481 e. The van der Waals surface area contributed by atoms with Gasteiger partial charge in [-0.25, -0.2) is 0 Å². The zero-order valence-electron chi connectivity index (χ0n) is 13.4. The molecular weight excluding hydrogens is 312 g/mol. The summed E-state index contributed by atoms with van der Waals surface area (Å²) in [4.78, 5) is 33.6. The Labute approximate surface area is 139 Å². The molecule has 1 heterocycles. The molecule has 24 heavy (non-hydrogen) atoms. The van der Waals surface area contributed by atoms with Crippen LogP contribution in [0.15, 0.2) is 30.5 Å². The number of benzene rings is 1. The average molecular weight is 332 g/mol. The molecule has 0 aliphatic carbocycles. The predicted molar refractivity (Wildman–Crippen MR) is 88.4 cm³/mol. The molecule has 2 N–H and O–H groups in total. The maximum absolute atomic E-state index is 11.7. The van der Waals surface area contributed by atoms with Crippen LogP contribution in [0.25, 0.3) is 10.9 Å². The van der Waals surface area contributed by atoms with E-state index in [0.717, 1.165) is 16.5 Å². The van der Waals surface area contributed by atoms with Crippen LogP contribution in [0.2, 0.25) is 0 Å². The molecule has 128 valence electrons. The van der Waals surface area contributed by atoms with Gasteiger partial charge in [-0.05, 0) is 25.0 Å². The molecular formula is C17H20N2O5. The van der Waals surface area contributed by atoms with Crippen molar-refractivity contribution in [3.8, 4) is 0 Å². The number of fused-ring (bicyclic) bond motifs is 1. The summed E-state index contributed by atoms with van der Waals surface area (Å²) in [6, 6.07) is 6.82. The van der Waals surface area contributed by atoms with E-state index in [1.54, 1.807) is 17.8 Å². The molecule has 0 radical (unpaired) electrons. The minimum atomic E-state index is -0.955. The summed E-state index contributed by atoms with van der Waals surface area (Å²) in [6.07, 6.45) is 2.62. The third kappa shape index (κ3) is 4.34. The number of ether oxygens (including phenoxy) is 1. The topological polar surface area (TPSA) is 97.6 Å². The number of hydrogen-bond acceptors (Lipinski definition) is 5. The minimum absolute atomic E-state index is 0.106. The summed E-state index contributed by atoms with van der Waals surface area (Å²) >= 11 is 0. The Hall–Kier alpha value is -2.83. The number of esters is 1. The molecule has 0 saturated carbocycles. The lowest BCUT2D eigenvalue weighted by atomic mass is 10.1. The van der Waals surface area contributed by atoms with E-state index in [1.807, 2.05) is 24.3 Å². The summed E-state index contributed by atoms with van der Waals surface area (Å²) in [6.45, 7) is 2.07. The third-order valence-electron chi connectivity index (χ3n) is 3.57. The molecule has 1 aromatic carbocycles. The standard InChI is InChI=1S/C17H20N2O5/c1-2-24-17(23)9-12-10-19(15-6-4-3-5-14(12)15)18-13(11-20)7-8-16(21)22/h3-6,10-11,13,18H,2,7-9H2,1H3,(H,21,22)/t13-/m0/s1. The van der Waals surface area contributed by atoms with Crippen LogP contribution in [0.3, 0.4) is 0 Å². The van der Waals surface area contributed by atoms with Crippen LogP contribution in [0, 0.1) is 0 Å². The Morgan fingerprint density at radius 1 is 1.38 bits per heavy atom. The van der Waals surface area contributed by atoms with Gasteiger partial charge in [0.05, 0.1) is 24.6 Å². The van der Waals surface area contributed by atoms with Gasteiger partial charge < -0.3 is 20.1 Å². The SMILES string of the molecule is CCOC(=O)Cc1cn(N[C@H](C=O)CCC(=O)O)c2ccccc12. The first-order chi connectivity index (χ1) is 11.5. The van der Waals surface area contributed by atoms with Gasteiger partial charge in [-0.1, -0.05) is 18.2 Å². The fourth-order valence-electron chi connectivity index (χ4n) is 2.49. The van der Waals surface area contributed by atoms with Crippen molar-refractivity contribution in [2.24, 2.45) is 0 Å². The lowest BCUT2D eigenvalue weighted by Crippen LogP contribution is -2.29. The van der Waals surface area contributed by atoms with E-state index in [0.29, 0.717) is 12.9 Å². The van der Waals surface area contributed by atoms with Crippen LogP contribution in [0.1, 0.15) is 25.3 Å². The number of carbonyl (C=O) groups is 3. The van der Waals surface area contributed by atoms with Gasteiger partial charge in [0.1, 0.15) is 6.29 Å². The van der Waals surface area contributed by atoms with E-state index in [4.69, 9.17) is 9.84 Å². The first kappa shape index (κ1) is 17.5. The normalized spacial score (nSPS) is 11.9. The highest BCUT2D eigenvalue weighted by Gasteiger charge is 2.15. The molecule has 0 aliphatic heterocycles. The van der Waals surface area contributed by atoms with Crippen LogP contribution in [-0.4, -0.2) is 40.7 Å². The molecule has 0 fully saturated rings. The number of rotatable bonds is 9. The van der Waals surface area contributed by atoms with Crippen molar-refractivity contribution >= 4 is 29.1 Å². The summed E-state index contributed by atoms with van der Waals surface area (Å²) in [7, 11) is 0. The highest BCUT2D eigenvalue weighted by molar-refractivity contribution is 5.88. The number of hydrogen-bond donors (Lipinski definition) is 2. The maximum atomic E-state index is 11.7. The quantitative estimate of drug-likeness (QED) is 0.536. The smallest absolute Gasteiger partial charge is 0.310 e. The Kier molecular flexibility index (Phi) is 5.95. The molecule has 0 spiro atoms. The number of carboxylic acids is 1. The second-order valence-corrected chi connectivity index (χ2v) is 5.33. The zero-order chi connectivity index (χ0) is 17.5. The first-order valence-electron chi connectivity index (χ1n) is 7.73. The van der Waals surface area contributed by atoms with Crippen molar-refractivity contribution in [2.75, 3.05) is 12.0 Å². The zero-order valence-corrected chi connectivity index (χ0v) is 13.4. The van der Waals surface area contributed by atoms with E-state index in [9.17, 15) is 14.4 Å². The molecule has 0 bridgehead atoms. The number of aliphatic carboxylic acids is 1. The predicted octanol–water partition coefficient (Wildman–Crippen LogP) is 1.72. The Morgan fingerprint density at radius 3 is 2.79 bits per heavy atom. The molecule has 1 atom stereocenters. The fraction of sp³-hybridized carbons (Fsp3) is 0.353. The maximum Gasteiger partial charge on any atom is 0.310 e. The van der Waals surface area contributed by atoms with Crippen LogP contribution >= 0.6 is 0 Å². The average Bonchev–Trinajstić information content (AvgIpc) is 2.89. The van der Waals surface area contributed by atoms with Gasteiger partial charge in [0.25, 0.3) is 0 Å². The van der Waals surface area contributed by atoms with Crippen molar-refractivity contribution < 1.29 is 24.2 Å². The van der Waals surface area contributed by atoms with Gasteiger partial charge in [0.2, 0.25) is 0 Å². The van der Waals surface area contributed by atoms with Gasteiger partial charge in [-0.3, -0.25) is 14.3 Å². The molecule has 0 aliphatic rings. The molecule has 7 heteroatoms. The number of aromatic nitrogens is 1. The van der Waals surface area contributed by atoms with Crippen LogP contribution < -0.4 is 5.43 Å². The van der Waals surface area contributed by atoms with Gasteiger partial charge in [0.15, 0.2) is 0 Å². The van der Waals surface area contributed by atoms with Crippen molar-refractivity contribution in [3.63, 3.8) is 0 Å². The number of carbonyl (C=O) groups excluding carboxylic acids is 2. The fourth-order valence-corrected chi connectivity index (χ4v) is 2.49. The van der Waals surface area contributed by atoms with Crippen LogP contribution in [0.5, 0.6) is 0 Å². The molecule has 0 saturated heterocycles. The monoisotopic (exact) mass is 332 g/mol. The lowest BCUT2D eigenvalue weighted by molar-refractivity contribution is -0.142. The minimum Gasteiger partial charge on any atom is -0.481 e. The Balaban J connectivity index is 2.24. The van der Waals surface area contributed by atoms with Gasteiger partial charge >= 0.3 is 11.9 Å². The summed E-state index contributed by atoms with van der Waals surface area (Å²) in [5.41, 5.74) is 4.57. The number of para-hydroxylation sites is 1. The van der Waals surface area contributed by atoms with Crippen molar-refractivity contribution in [1.82, 2.24) is 4.68 Å². The van der Waals surface area contributed by atoms with E-state index >= 15 is 0 Å². The van der Waals surface area contributed by atoms with Crippen molar-refractivity contribution in [3.05, 3.63) is 36.0 Å². The Morgan fingerprint density at radius 2 is 2.12 bits per heavy atom. The van der Waals surface area contributed by atoms with Crippen LogP contribution in [-0.2, 0) is 25.5 Å². The van der Waals surface area contributed by atoms with Gasteiger partial charge in [-0.2, -0.15) is 0 Å². The van der Waals surface area contributed by atoms with Gasteiger partial charge in [0, 0.05) is 18.0 Å². The Bertz CT molecular complexity index is 738. The van der Waals surface area contributed by atoms with Crippen molar-refractivity contribution in [2.45, 2.75) is 32.2 Å². The summed E-state index contributed by atoms with van der Waals surface area (Å²) in [5.74, 6) is -1.28. The first-order valence-corrected chi connectivity index (χ1v) is 7.73. The molecule has 7 nitrogen and oxygen atoms in total.